The molecule has 0 spiro atoms. The van der Waals surface area contributed by atoms with E-state index >= 15 is 4.79 Å². The van der Waals surface area contributed by atoms with Crippen LogP contribution in [0.1, 0.15) is 35.4 Å². The number of hydrazine groups is 1. The molecule has 56 heavy (non-hydrogen) atoms. The Morgan fingerprint density at radius 2 is 1.54 bits per heavy atom. The number of anilines is 2. The van der Waals surface area contributed by atoms with E-state index in [1.54, 1.807) is 48.5 Å². The van der Waals surface area contributed by atoms with Gasteiger partial charge >= 0.3 is 6.18 Å². The highest BCUT2D eigenvalue weighted by atomic mass is 35.5. The SMILES string of the molecule is COc1cc(C2C3=CCC4C(=O)N(c5ccc(Cl)cc5)C(=O)C4C3CC3C(=O)N(Nc4ncc(C(F)(F)F)cc4Cl)C(=O)C32c2ccc(Cl)cc2)cc(Cl)c1O. The number of phenols is 1. The number of hydrogen-bond acceptors (Lipinski definition) is 8. The fraction of sp³-hybridized carbons (Fsp3) is 0.256. The molecule has 1 saturated carbocycles. The second kappa shape index (κ2) is 13.7. The van der Waals surface area contributed by atoms with Gasteiger partial charge in [-0.15, -0.1) is 0 Å². The predicted molar refractivity (Wildman–Crippen MR) is 200 cm³/mol. The number of aromatic hydroxyl groups is 1. The van der Waals surface area contributed by atoms with E-state index in [0.717, 1.165) is 4.90 Å². The standard InChI is InChI=1S/C39H27Cl4F3N4O6/c1-56-29-13-17(12-27(42)32(29)51)31-23-10-11-24-30(36(54)49(34(24)52)22-8-6-21(41)7-9-22)25(23)15-26-35(53)50(37(55)38(26,31)18-2-4-20(40)5-3-18)48-33-28(43)14-19(16-47-33)39(44,45)46/h2-10,12-14,16,24-26,30-31,51H,11,15H2,1H3,(H,47,48). The van der Waals surface area contributed by atoms with Crippen LogP contribution in [0.25, 0.3) is 0 Å². The molecule has 2 aliphatic heterocycles. The van der Waals surface area contributed by atoms with Crippen LogP contribution in [0, 0.1) is 23.7 Å². The van der Waals surface area contributed by atoms with Crippen molar-refractivity contribution in [3.8, 4) is 11.5 Å². The lowest BCUT2D eigenvalue weighted by Gasteiger charge is -2.50. The van der Waals surface area contributed by atoms with Crippen molar-refractivity contribution < 1.29 is 42.2 Å². The van der Waals surface area contributed by atoms with E-state index in [4.69, 9.17) is 51.1 Å². The third-order valence-corrected chi connectivity index (χ3v) is 12.3. The van der Waals surface area contributed by atoms with Gasteiger partial charge in [-0.3, -0.25) is 29.5 Å². The molecule has 0 radical (unpaired) electrons. The number of carbonyl (C=O) groups is 4. The van der Waals surface area contributed by atoms with Crippen LogP contribution < -0.4 is 15.1 Å². The summed E-state index contributed by atoms with van der Waals surface area (Å²) in [6, 6.07) is 16.1. The van der Waals surface area contributed by atoms with Crippen molar-refractivity contribution in [3.05, 3.63) is 121 Å². The number of benzene rings is 3. The maximum atomic E-state index is 15.4. The first-order chi connectivity index (χ1) is 26.6. The molecule has 6 unspecified atom stereocenters. The van der Waals surface area contributed by atoms with Gasteiger partial charge in [0.15, 0.2) is 17.3 Å². The van der Waals surface area contributed by atoms with Gasteiger partial charge in [0, 0.05) is 22.2 Å². The van der Waals surface area contributed by atoms with Crippen molar-refractivity contribution >= 4 is 81.5 Å². The number of rotatable bonds is 6. The molecule has 2 N–H and O–H groups in total. The highest BCUT2D eigenvalue weighted by Gasteiger charge is 2.70. The molecular weight excluding hydrogens is 819 g/mol. The Kier molecular flexibility index (Phi) is 9.30. The number of fused-ring (bicyclic) bond motifs is 4. The van der Waals surface area contributed by atoms with Gasteiger partial charge in [-0.25, -0.2) is 4.98 Å². The second-order valence-corrected chi connectivity index (χ2v) is 15.6. The molecule has 3 aromatic carbocycles. The fourth-order valence-electron chi connectivity index (χ4n) is 8.92. The summed E-state index contributed by atoms with van der Waals surface area (Å²) in [5.74, 6) is -8.24. The lowest BCUT2D eigenvalue weighted by Crippen LogP contribution is -2.53. The van der Waals surface area contributed by atoms with Crippen molar-refractivity contribution in [2.75, 3.05) is 17.4 Å². The maximum absolute atomic E-state index is 15.4. The van der Waals surface area contributed by atoms with Crippen molar-refractivity contribution in [3.63, 3.8) is 0 Å². The molecule has 4 amide bonds. The third kappa shape index (κ3) is 5.73. The highest BCUT2D eigenvalue weighted by molar-refractivity contribution is 6.33. The van der Waals surface area contributed by atoms with Crippen LogP contribution in [0.4, 0.5) is 24.7 Å². The molecule has 2 saturated heterocycles. The predicted octanol–water partition coefficient (Wildman–Crippen LogP) is 8.62. The minimum Gasteiger partial charge on any atom is -0.503 e. The molecule has 4 aliphatic rings. The first-order valence-corrected chi connectivity index (χ1v) is 18.6. The van der Waals surface area contributed by atoms with Crippen LogP contribution in [0.5, 0.6) is 11.5 Å². The number of ether oxygens (including phenoxy) is 1. The minimum absolute atomic E-state index is 0.0414. The summed E-state index contributed by atoms with van der Waals surface area (Å²) < 4.78 is 45.9. The number of allylic oxidation sites excluding steroid dienone is 2. The van der Waals surface area contributed by atoms with Crippen LogP contribution in [0.15, 0.2) is 84.6 Å². The molecule has 6 atom stereocenters. The van der Waals surface area contributed by atoms with Crippen LogP contribution in [0.3, 0.4) is 0 Å². The number of amides is 4. The van der Waals surface area contributed by atoms with Gasteiger partial charge in [0.25, 0.3) is 11.8 Å². The molecule has 3 heterocycles. The van der Waals surface area contributed by atoms with Crippen LogP contribution in [-0.2, 0) is 30.8 Å². The Balaban J connectivity index is 1.33. The first kappa shape index (κ1) is 38.1. The van der Waals surface area contributed by atoms with E-state index in [0.29, 0.717) is 49.7 Å². The second-order valence-electron chi connectivity index (χ2n) is 14.0. The number of aromatic nitrogens is 1. The van der Waals surface area contributed by atoms with Crippen molar-refractivity contribution in [1.82, 2.24) is 9.99 Å². The number of halogens is 7. The van der Waals surface area contributed by atoms with Gasteiger partial charge < -0.3 is 9.84 Å². The average molecular weight is 846 g/mol. The van der Waals surface area contributed by atoms with E-state index in [2.05, 4.69) is 10.4 Å². The zero-order valence-corrected chi connectivity index (χ0v) is 31.8. The Bertz CT molecular complexity index is 2380. The molecule has 17 heteroatoms. The maximum Gasteiger partial charge on any atom is 0.417 e. The van der Waals surface area contributed by atoms with Gasteiger partial charge in [0.2, 0.25) is 11.8 Å². The lowest BCUT2D eigenvalue weighted by atomic mass is 9.49. The summed E-state index contributed by atoms with van der Waals surface area (Å²) in [5, 5.41) is 11.5. The summed E-state index contributed by atoms with van der Waals surface area (Å²) in [6.07, 6.45) is -2.42. The van der Waals surface area contributed by atoms with Crippen molar-refractivity contribution in [1.29, 1.82) is 0 Å². The van der Waals surface area contributed by atoms with Crippen LogP contribution in [-0.4, -0.2) is 45.8 Å². The number of nitrogens with one attached hydrogen (secondary N) is 1. The number of nitrogens with zero attached hydrogens (tertiary/aromatic N) is 3. The molecule has 2 aliphatic carbocycles. The number of phenolic OH excluding ortho intramolecular Hbond substituents is 1. The average Bonchev–Trinajstić information content (AvgIpc) is 3.54. The summed E-state index contributed by atoms with van der Waals surface area (Å²) in [5.41, 5.74) is 1.17. The molecular formula is C39H27Cl4F3N4O6. The largest absolute Gasteiger partial charge is 0.503 e. The normalized spacial score (nSPS) is 25.9. The Morgan fingerprint density at radius 1 is 0.875 bits per heavy atom. The molecule has 3 fully saturated rings. The molecule has 4 aromatic rings. The highest BCUT2D eigenvalue weighted by Crippen LogP contribution is 2.65. The first-order valence-electron chi connectivity index (χ1n) is 17.1. The van der Waals surface area contributed by atoms with Gasteiger partial charge in [0.05, 0.1) is 51.6 Å². The minimum atomic E-state index is -4.77. The number of alkyl halides is 3. The summed E-state index contributed by atoms with van der Waals surface area (Å²) in [6.45, 7) is 0. The summed E-state index contributed by atoms with van der Waals surface area (Å²) in [4.78, 5) is 63.6. The number of carbonyl (C=O) groups excluding carboxylic acids is 4. The van der Waals surface area contributed by atoms with Gasteiger partial charge in [-0.2, -0.15) is 18.2 Å². The van der Waals surface area contributed by atoms with Crippen LogP contribution in [0.2, 0.25) is 20.1 Å². The van der Waals surface area contributed by atoms with Crippen LogP contribution >= 0.6 is 46.4 Å². The summed E-state index contributed by atoms with van der Waals surface area (Å²) >= 11 is 25.3. The number of imide groups is 2. The topological polar surface area (TPSA) is 129 Å². The molecule has 8 rings (SSSR count). The monoisotopic (exact) mass is 844 g/mol. The fourth-order valence-corrected chi connectivity index (χ4v) is 9.60. The summed E-state index contributed by atoms with van der Waals surface area (Å²) in [7, 11) is 1.31. The zero-order chi connectivity index (χ0) is 40.0. The Labute approximate surface area is 336 Å². The molecule has 0 bridgehead atoms. The number of methoxy groups -OCH3 is 1. The quantitative estimate of drug-likeness (QED) is 0.146. The third-order valence-electron chi connectivity index (χ3n) is 11.2. The lowest BCUT2D eigenvalue weighted by molar-refractivity contribution is -0.139. The molecule has 288 valence electrons. The zero-order valence-electron chi connectivity index (χ0n) is 28.8. The smallest absolute Gasteiger partial charge is 0.417 e. The Hall–Kier alpha value is -4.82. The van der Waals surface area contributed by atoms with E-state index in [-0.39, 0.29) is 29.4 Å². The van der Waals surface area contributed by atoms with Gasteiger partial charge in [-0.1, -0.05) is 70.2 Å². The van der Waals surface area contributed by atoms with Crippen molar-refractivity contribution in [2.45, 2.75) is 30.4 Å². The van der Waals surface area contributed by atoms with Crippen molar-refractivity contribution in [2.24, 2.45) is 23.7 Å². The van der Waals surface area contributed by atoms with E-state index in [1.807, 2.05) is 6.08 Å². The van der Waals surface area contributed by atoms with E-state index in [1.165, 1.54) is 19.2 Å². The van der Waals surface area contributed by atoms with Gasteiger partial charge in [-0.05, 0) is 84.5 Å². The Morgan fingerprint density at radius 3 is 2.16 bits per heavy atom. The number of pyridine rings is 1. The van der Waals surface area contributed by atoms with E-state index < -0.39 is 81.2 Å². The molecule has 10 nitrogen and oxygen atoms in total. The van der Waals surface area contributed by atoms with E-state index in [9.17, 15) is 32.7 Å². The number of hydrogen-bond donors (Lipinski definition) is 2. The van der Waals surface area contributed by atoms with Gasteiger partial charge in [0.1, 0.15) is 0 Å². The molecule has 1 aromatic heterocycles.